The summed E-state index contributed by atoms with van der Waals surface area (Å²) in [6.07, 6.45) is 3.55. The Morgan fingerprint density at radius 1 is 1.03 bits per heavy atom. The number of phenolic OH excluding ortho intramolecular Hbond substituents is 1. The number of benzene rings is 1. The van der Waals surface area contributed by atoms with Crippen molar-refractivity contribution in [1.29, 1.82) is 0 Å². The summed E-state index contributed by atoms with van der Waals surface area (Å²) in [4.78, 5) is 39.8. The number of nitrogens with one attached hydrogen (secondary N) is 2. The molecule has 180 valence electrons. The van der Waals surface area contributed by atoms with Crippen molar-refractivity contribution in [3.63, 3.8) is 0 Å². The molecule has 1 rings (SSSR count). The molecule has 0 aromatic heterocycles. The maximum absolute atomic E-state index is 13.2. The summed E-state index contributed by atoms with van der Waals surface area (Å²) in [5, 5.41) is 15.8. The Balaban J connectivity index is 3.14. The number of unbranched alkanes of at least 4 members (excludes halogenated alkanes) is 3. The van der Waals surface area contributed by atoms with Crippen molar-refractivity contribution in [3.8, 4) is 5.75 Å². The van der Waals surface area contributed by atoms with E-state index in [9.17, 15) is 19.5 Å². The summed E-state index contributed by atoms with van der Waals surface area (Å²) in [6, 6.07) is 5.52. The van der Waals surface area contributed by atoms with Crippen molar-refractivity contribution >= 4 is 17.9 Å². The van der Waals surface area contributed by atoms with Gasteiger partial charge in [0.2, 0.25) is 11.8 Å². The van der Waals surface area contributed by atoms with E-state index < -0.39 is 23.6 Å². The number of phenols is 1. The van der Waals surface area contributed by atoms with Crippen LogP contribution in [0.2, 0.25) is 0 Å². The van der Waals surface area contributed by atoms with E-state index >= 15 is 0 Å². The number of carbonyl (C=O) groups is 3. The lowest BCUT2D eigenvalue weighted by atomic mass is 10.0. The first-order valence-electron chi connectivity index (χ1n) is 11.4. The van der Waals surface area contributed by atoms with Crippen LogP contribution < -0.4 is 10.6 Å². The molecule has 32 heavy (non-hydrogen) atoms. The highest BCUT2D eigenvalue weighted by atomic mass is 16.6. The average Bonchev–Trinajstić information content (AvgIpc) is 2.71. The molecule has 0 aliphatic rings. The number of alkyl carbamates (subject to hydrolysis) is 1. The van der Waals surface area contributed by atoms with E-state index in [-0.39, 0.29) is 18.2 Å². The van der Waals surface area contributed by atoms with Crippen LogP contribution in [-0.4, -0.2) is 53.1 Å². The predicted molar refractivity (Wildman–Crippen MR) is 124 cm³/mol. The maximum atomic E-state index is 13.2. The first-order chi connectivity index (χ1) is 15.1. The number of hydrogen-bond donors (Lipinski definition) is 3. The summed E-state index contributed by atoms with van der Waals surface area (Å²) in [7, 11) is 0. The van der Waals surface area contributed by atoms with Gasteiger partial charge in [-0.25, -0.2) is 4.79 Å². The van der Waals surface area contributed by atoms with E-state index in [2.05, 4.69) is 10.6 Å². The molecule has 0 spiro atoms. The van der Waals surface area contributed by atoms with Gasteiger partial charge < -0.3 is 25.4 Å². The first kappa shape index (κ1) is 27.3. The molecule has 1 atom stereocenters. The minimum absolute atomic E-state index is 0.0588. The fourth-order valence-corrected chi connectivity index (χ4v) is 3.15. The Kier molecular flexibility index (Phi) is 11.6. The summed E-state index contributed by atoms with van der Waals surface area (Å²) in [6.45, 7) is 9.77. The normalized spacial score (nSPS) is 12.0. The topological polar surface area (TPSA) is 108 Å². The quantitative estimate of drug-likeness (QED) is 0.420. The highest BCUT2D eigenvalue weighted by Gasteiger charge is 2.33. The molecular weight excluding hydrogens is 410 g/mol. The van der Waals surface area contributed by atoms with Crippen LogP contribution in [0.15, 0.2) is 24.3 Å². The molecule has 0 bridgehead atoms. The van der Waals surface area contributed by atoms with Gasteiger partial charge in [0.05, 0.1) is 0 Å². The van der Waals surface area contributed by atoms with E-state index in [4.69, 9.17) is 4.74 Å². The summed E-state index contributed by atoms with van der Waals surface area (Å²) in [5.41, 5.74) is -0.338. The molecule has 8 heteroatoms. The minimum atomic E-state index is -1.00. The molecule has 0 aliphatic heterocycles. The van der Waals surface area contributed by atoms with Crippen LogP contribution in [0.25, 0.3) is 0 Å². The molecule has 1 aromatic carbocycles. The highest BCUT2D eigenvalue weighted by molar-refractivity contribution is 5.90. The number of para-hydroxylation sites is 1. The Hall–Kier alpha value is -2.77. The number of amides is 3. The lowest BCUT2D eigenvalue weighted by Crippen LogP contribution is -2.48. The standard InChI is InChI=1S/C24H39N3O5/c1-6-8-12-16-27(20(29)17-26-23(31)32-24(3,4)5)21(22(30)25-15-9-7-2)18-13-10-11-14-19(18)28/h10-11,13-14,21,28H,6-9,12,15-17H2,1-5H3,(H,25,30)(H,26,31). The molecule has 0 radical (unpaired) electrons. The molecule has 3 amide bonds. The second-order valence-electron chi connectivity index (χ2n) is 8.76. The lowest BCUT2D eigenvalue weighted by molar-refractivity contribution is -0.140. The van der Waals surface area contributed by atoms with Crippen molar-refractivity contribution in [1.82, 2.24) is 15.5 Å². The van der Waals surface area contributed by atoms with E-state index in [0.717, 1.165) is 25.7 Å². The second kappa shape index (κ2) is 13.6. The molecular formula is C24H39N3O5. The van der Waals surface area contributed by atoms with Gasteiger partial charge in [-0.15, -0.1) is 0 Å². The van der Waals surface area contributed by atoms with Gasteiger partial charge in [0.25, 0.3) is 0 Å². The van der Waals surface area contributed by atoms with Gasteiger partial charge in [0, 0.05) is 18.7 Å². The van der Waals surface area contributed by atoms with E-state index in [0.29, 0.717) is 25.1 Å². The van der Waals surface area contributed by atoms with Crippen molar-refractivity contribution in [3.05, 3.63) is 29.8 Å². The predicted octanol–water partition coefficient (Wildman–Crippen LogP) is 3.89. The van der Waals surface area contributed by atoms with Gasteiger partial charge in [0.1, 0.15) is 23.9 Å². The number of rotatable bonds is 12. The van der Waals surface area contributed by atoms with Crippen LogP contribution in [0.1, 0.15) is 78.3 Å². The van der Waals surface area contributed by atoms with Gasteiger partial charge in [-0.1, -0.05) is 51.3 Å². The minimum Gasteiger partial charge on any atom is -0.508 e. The van der Waals surface area contributed by atoms with Crippen LogP contribution in [0.3, 0.4) is 0 Å². The third kappa shape index (κ3) is 9.58. The number of aromatic hydroxyl groups is 1. The number of carbonyl (C=O) groups excluding carboxylic acids is 3. The van der Waals surface area contributed by atoms with Crippen molar-refractivity contribution in [2.24, 2.45) is 0 Å². The van der Waals surface area contributed by atoms with Gasteiger partial charge in [-0.2, -0.15) is 0 Å². The average molecular weight is 450 g/mol. The second-order valence-corrected chi connectivity index (χ2v) is 8.76. The molecule has 1 unspecified atom stereocenters. The van der Waals surface area contributed by atoms with Crippen molar-refractivity contribution in [2.45, 2.75) is 78.4 Å². The van der Waals surface area contributed by atoms with Crippen molar-refractivity contribution in [2.75, 3.05) is 19.6 Å². The molecule has 8 nitrogen and oxygen atoms in total. The van der Waals surface area contributed by atoms with E-state index in [1.807, 2.05) is 13.8 Å². The monoisotopic (exact) mass is 449 g/mol. The largest absolute Gasteiger partial charge is 0.508 e. The van der Waals surface area contributed by atoms with Gasteiger partial charge in [0.15, 0.2) is 0 Å². The Labute approximate surface area is 191 Å². The van der Waals surface area contributed by atoms with E-state index in [1.165, 1.54) is 11.0 Å². The van der Waals surface area contributed by atoms with Gasteiger partial charge >= 0.3 is 6.09 Å². The molecule has 0 saturated heterocycles. The van der Waals surface area contributed by atoms with Crippen LogP contribution in [0.4, 0.5) is 4.79 Å². The first-order valence-corrected chi connectivity index (χ1v) is 11.4. The molecule has 0 heterocycles. The summed E-state index contributed by atoms with van der Waals surface area (Å²) < 4.78 is 5.20. The van der Waals surface area contributed by atoms with Crippen molar-refractivity contribution < 1.29 is 24.2 Å². The van der Waals surface area contributed by atoms with Crippen LogP contribution in [0, 0.1) is 0 Å². The SMILES string of the molecule is CCCCCN(C(=O)CNC(=O)OC(C)(C)C)C(C(=O)NCCCC)c1ccccc1O. The maximum Gasteiger partial charge on any atom is 0.408 e. The van der Waals surface area contributed by atoms with Crippen LogP contribution in [-0.2, 0) is 14.3 Å². The third-order valence-corrected chi connectivity index (χ3v) is 4.73. The zero-order chi connectivity index (χ0) is 24.1. The zero-order valence-corrected chi connectivity index (χ0v) is 20.1. The van der Waals surface area contributed by atoms with Crippen LogP contribution >= 0.6 is 0 Å². The highest BCUT2D eigenvalue weighted by Crippen LogP contribution is 2.29. The smallest absolute Gasteiger partial charge is 0.408 e. The zero-order valence-electron chi connectivity index (χ0n) is 20.1. The molecule has 0 saturated carbocycles. The van der Waals surface area contributed by atoms with Crippen LogP contribution in [0.5, 0.6) is 5.75 Å². The Morgan fingerprint density at radius 2 is 1.69 bits per heavy atom. The fraction of sp³-hybridized carbons (Fsp3) is 0.625. The lowest BCUT2D eigenvalue weighted by Gasteiger charge is -2.32. The number of nitrogens with zero attached hydrogens (tertiary/aromatic N) is 1. The van der Waals surface area contributed by atoms with Gasteiger partial charge in [-0.3, -0.25) is 9.59 Å². The van der Waals surface area contributed by atoms with E-state index in [1.54, 1.807) is 39.0 Å². The number of ether oxygens (including phenoxy) is 1. The fourth-order valence-electron chi connectivity index (χ4n) is 3.15. The molecule has 1 aromatic rings. The summed E-state index contributed by atoms with van der Waals surface area (Å²) in [5.74, 6) is -0.843. The third-order valence-electron chi connectivity index (χ3n) is 4.73. The molecule has 0 aliphatic carbocycles. The Morgan fingerprint density at radius 3 is 2.28 bits per heavy atom. The Bertz CT molecular complexity index is 745. The number of hydrogen-bond acceptors (Lipinski definition) is 5. The molecule has 0 fully saturated rings. The summed E-state index contributed by atoms with van der Waals surface area (Å²) >= 11 is 0. The molecule has 3 N–H and O–H groups in total. The van der Waals surface area contributed by atoms with Gasteiger partial charge in [-0.05, 0) is 39.7 Å².